The average Bonchev–Trinajstić information content (AvgIpc) is 2.92. The lowest BCUT2D eigenvalue weighted by atomic mass is 10.1. The minimum Gasteiger partial charge on any atom is -0.335 e. The lowest BCUT2D eigenvalue weighted by Gasteiger charge is -2.19. The van der Waals surface area contributed by atoms with Crippen LogP contribution in [0.2, 0.25) is 0 Å². The Morgan fingerprint density at radius 2 is 2.00 bits per heavy atom. The third-order valence-corrected chi connectivity index (χ3v) is 4.80. The molecule has 1 aliphatic rings. The van der Waals surface area contributed by atoms with E-state index in [1.54, 1.807) is 0 Å². The van der Waals surface area contributed by atoms with Crippen LogP contribution in [0.3, 0.4) is 0 Å². The second-order valence-electron chi connectivity index (χ2n) is 5.12. The molecule has 0 N–H and O–H groups in total. The van der Waals surface area contributed by atoms with Crippen molar-refractivity contribution in [2.75, 3.05) is 11.4 Å². The Morgan fingerprint density at radius 1 is 1.14 bits per heavy atom. The fourth-order valence-electron chi connectivity index (χ4n) is 2.68. The monoisotopic (exact) mass is 306 g/mol. The summed E-state index contributed by atoms with van der Waals surface area (Å²) in [6.07, 6.45) is 12.5. The van der Waals surface area contributed by atoms with Crippen molar-refractivity contribution in [3.8, 4) is 0 Å². The summed E-state index contributed by atoms with van der Waals surface area (Å²) in [7, 11) is 0. The highest BCUT2D eigenvalue weighted by Crippen LogP contribution is 2.49. The van der Waals surface area contributed by atoms with Crippen LogP contribution in [0.1, 0.15) is 20.3 Å². The fraction of sp³-hybridized carbons (Fsp3) is 0.200. The molecule has 0 fully saturated rings. The molecular formula is C20H20NS. The highest BCUT2D eigenvalue weighted by molar-refractivity contribution is 8.03. The quantitative estimate of drug-likeness (QED) is 0.643. The maximum atomic E-state index is 3.16. The van der Waals surface area contributed by atoms with Crippen molar-refractivity contribution in [3.05, 3.63) is 71.8 Å². The van der Waals surface area contributed by atoms with Gasteiger partial charge in [0.25, 0.3) is 0 Å². The topological polar surface area (TPSA) is 3.24 Å². The number of rotatable bonds is 4. The fourth-order valence-corrected chi connectivity index (χ4v) is 3.84. The van der Waals surface area contributed by atoms with Crippen molar-refractivity contribution >= 4 is 28.2 Å². The number of fused-ring (bicyclic) bond motifs is 3. The van der Waals surface area contributed by atoms with E-state index in [-0.39, 0.29) is 0 Å². The molecule has 2 aromatic rings. The van der Waals surface area contributed by atoms with Gasteiger partial charge in [-0.3, -0.25) is 0 Å². The van der Waals surface area contributed by atoms with Crippen molar-refractivity contribution in [2.45, 2.75) is 25.2 Å². The summed E-state index contributed by atoms with van der Waals surface area (Å²) in [6, 6.07) is 13.1. The minimum atomic E-state index is 0.974. The Labute approximate surface area is 137 Å². The molecular weight excluding hydrogens is 286 g/mol. The standard InChI is InChI=1S/C20H20NS/c1-3-5-6-7-8-13-19-21(4-2)20-17-12-10-9-11-16(17)14-15-18(20)22-19/h5,7-15H,3-4H2,1-2H3. The predicted octanol–water partition coefficient (Wildman–Crippen LogP) is 5.94. The molecule has 3 rings (SSSR count). The molecule has 0 atom stereocenters. The van der Waals surface area contributed by atoms with E-state index in [9.17, 15) is 0 Å². The van der Waals surface area contributed by atoms with Gasteiger partial charge in [0.1, 0.15) is 0 Å². The highest BCUT2D eigenvalue weighted by atomic mass is 32.2. The second kappa shape index (κ2) is 6.89. The number of hydrogen-bond donors (Lipinski definition) is 0. The largest absolute Gasteiger partial charge is 0.335 e. The first-order valence-corrected chi connectivity index (χ1v) is 8.58. The van der Waals surface area contributed by atoms with Gasteiger partial charge in [-0.2, -0.15) is 0 Å². The van der Waals surface area contributed by atoms with E-state index in [4.69, 9.17) is 0 Å². The molecule has 1 radical (unpaired) electrons. The number of nitrogens with zero attached hydrogens (tertiary/aromatic N) is 1. The summed E-state index contributed by atoms with van der Waals surface area (Å²) in [5, 5.41) is 3.92. The van der Waals surface area contributed by atoms with Gasteiger partial charge in [0.15, 0.2) is 0 Å². The Balaban J connectivity index is 1.98. The molecule has 22 heavy (non-hydrogen) atoms. The van der Waals surface area contributed by atoms with E-state index in [1.165, 1.54) is 26.4 Å². The molecule has 1 heterocycles. The van der Waals surface area contributed by atoms with Gasteiger partial charge in [0, 0.05) is 16.8 Å². The van der Waals surface area contributed by atoms with Crippen LogP contribution in [0.5, 0.6) is 0 Å². The van der Waals surface area contributed by atoms with E-state index < -0.39 is 0 Å². The van der Waals surface area contributed by atoms with E-state index in [0.717, 1.165) is 13.0 Å². The Hall–Kier alpha value is -1.93. The maximum Gasteiger partial charge on any atom is 0.0801 e. The Bertz CT molecular complexity index is 755. The highest BCUT2D eigenvalue weighted by Gasteiger charge is 2.25. The molecule has 1 nitrogen and oxygen atoms in total. The molecule has 0 saturated heterocycles. The van der Waals surface area contributed by atoms with E-state index in [2.05, 4.69) is 73.4 Å². The van der Waals surface area contributed by atoms with Gasteiger partial charge < -0.3 is 4.90 Å². The molecule has 1 aliphatic heterocycles. The molecule has 0 aliphatic carbocycles. The molecule has 0 spiro atoms. The average molecular weight is 306 g/mol. The summed E-state index contributed by atoms with van der Waals surface area (Å²) in [6.45, 7) is 5.30. The Morgan fingerprint density at radius 3 is 2.82 bits per heavy atom. The summed E-state index contributed by atoms with van der Waals surface area (Å²) in [4.78, 5) is 3.74. The molecule has 0 bridgehead atoms. The van der Waals surface area contributed by atoms with Gasteiger partial charge in [0.05, 0.1) is 10.7 Å². The van der Waals surface area contributed by atoms with Crippen LogP contribution in [-0.4, -0.2) is 6.54 Å². The van der Waals surface area contributed by atoms with Gasteiger partial charge in [-0.1, -0.05) is 67.2 Å². The van der Waals surface area contributed by atoms with E-state index in [0.29, 0.717) is 0 Å². The molecule has 0 aromatic heterocycles. The van der Waals surface area contributed by atoms with Gasteiger partial charge in [-0.05, 0) is 36.9 Å². The van der Waals surface area contributed by atoms with Gasteiger partial charge in [0.2, 0.25) is 0 Å². The molecule has 111 valence electrons. The maximum absolute atomic E-state index is 3.16. The van der Waals surface area contributed by atoms with Crippen molar-refractivity contribution in [3.63, 3.8) is 0 Å². The van der Waals surface area contributed by atoms with Crippen LogP contribution in [0.4, 0.5) is 5.69 Å². The third kappa shape index (κ3) is 2.84. The first kappa shape index (κ1) is 15.0. The van der Waals surface area contributed by atoms with Crippen molar-refractivity contribution < 1.29 is 0 Å². The van der Waals surface area contributed by atoms with Crippen LogP contribution in [-0.2, 0) is 0 Å². The summed E-state index contributed by atoms with van der Waals surface area (Å²) >= 11 is 1.85. The molecule has 0 amide bonds. The lowest BCUT2D eigenvalue weighted by molar-refractivity contribution is 1.01. The summed E-state index contributed by atoms with van der Waals surface area (Å²) in [5.41, 5.74) is 1.35. The lowest BCUT2D eigenvalue weighted by Crippen LogP contribution is -2.16. The number of anilines is 1. The zero-order valence-corrected chi connectivity index (χ0v) is 13.9. The van der Waals surface area contributed by atoms with Crippen molar-refractivity contribution in [1.82, 2.24) is 0 Å². The van der Waals surface area contributed by atoms with Crippen molar-refractivity contribution in [1.29, 1.82) is 0 Å². The first-order valence-electron chi connectivity index (χ1n) is 7.76. The molecule has 2 aromatic carbocycles. The van der Waals surface area contributed by atoms with Crippen LogP contribution in [0.15, 0.2) is 70.6 Å². The number of benzene rings is 2. The van der Waals surface area contributed by atoms with Crippen LogP contribution >= 0.6 is 11.8 Å². The Kier molecular flexibility index (Phi) is 4.69. The smallest absolute Gasteiger partial charge is 0.0801 e. The van der Waals surface area contributed by atoms with Gasteiger partial charge in [-0.15, -0.1) is 0 Å². The van der Waals surface area contributed by atoms with Crippen LogP contribution < -0.4 is 4.90 Å². The number of thioether (sulfide) groups is 1. The second-order valence-corrected chi connectivity index (χ2v) is 6.19. The number of hydrogen-bond acceptors (Lipinski definition) is 2. The van der Waals surface area contributed by atoms with Gasteiger partial charge >= 0.3 is 0 Å². The van der Waals surface area contributed by atoms with E-state index >= 15 is 0 Å². The molecule has 0 unspecified atom stereocenters. The number of allylic oxidation sites excluding steroid dienone is 5. The third-order valence-electron chi connectivity index (χ3n) is 3.68. The SMILES string of the molecule is CCC=[C]C=CC=C1Sc2ccc3ccccc3c2N1CC. The normalized spacial score (nSPS) is 16.5. The zero-order chi connectivity index (χ0) is 15.4. The van der Waals surface area contributed by atoms with Crippen LogP contribution in [0, 0.1) is 6.08 Å². The summed E-state index contributed by atoms with van der Waals surface area (Å²) < 4.78 is 0. The zero-order valence-electron chi connectivity index (χ0n) is 13.0. The van der Waals surface area contributed by atoms with E-state index in [1.807, 2.05) is 23.9 Å². The predicted molar refractivity (Wildman–Crippen MR) is 98.2 cm³/mol. The molecule has 0 saturated carbocycles. The van der Waals surface area contributed by atoms with Crippen LogP contribution in [0.25, 0.3) is 10.8 Å². The minimum absolute atomic E-state index is 0.974. The summed E-state index contributed by atoms with van der Waals surface area (Å²) in [5.74, 6) is 0. The molecule has 2 heteroatoms. The van der Waals surface area contributed by atoms with Crippen molar-refractivity contribution in [2.24, 2.45) is 0 Å². The van der Waals surface area contributed by atoms with Gasteiger partial charge in [-0.25, -0.2) is 0 Å². The first-order chi connectivity index (χ1) is 10.8.